The minimum Gasteiger partial charge on any atom is -0.467 e. The highest BCUT2D eigenvalue weighted by molar-refractivity contribution is 5.79. The van der Waals surface area contributed by atoms with Gasteiger partial charge in [0.15, 0.2) is 0 Å². The van der Waals surface area contributed by atoms with Crippen molar-refractivity contribution in [3.05, 3.63) is 46.8 Å². The summed E-state index contributed by atoms with van der Waals surface area (Å²) < 4.78 is 5.20. The van der Waals surface area contributed by atoms with Gasteiger partial charge in [0, 0.05) is 19.2 Å². The molecule has 7 heteroatoms. The van der Waals surface area contributed by atoms with Gasteiger partial charge in [-0.1, -0.05) is 0 Å². The number of hydrogen-bond donors (Lipinski definition) is 2. The second-order valence-corrected chi connectivity index (χ2v) is 5.39. The number of carbonyl (C=O) groups excluding carboxylic acids is 1. The van der Waals surface area contributed by atoms with Crippen LogP contribution in [0.5, 0.6) is 0 Å². The molecule has 1 fully saturated rings. The monoisotopic (exact) mass is 302 g/mol. The molecule has 2 aromatic rings. The molecule has 0 aliphatic carbocycles. The van der Waals surface area contributed by atoms with Crippen molar-refractivity contribution in [3.63, 3.8) is 0 Å². The summed E-state index contributed by atoms with van der Waals surface area (Å²) >= 11 is 0. The molecule has 3 heterocycles. The van der Waals surface area contributed by atoms with Crippen LogP contribution < -0.4 is 15.8 Å². The zero-order valence-electron chi connectivity index (χ0n) is 12.1. The van der Waals surface area contributed by atoms with Gasteiger partial charge < -0.3 is 14.6 Å². The molecule has 116 valence electrons. The standard InChI is InChI=1S/C15H18N4O3/c20-14-7-12(8-17-18-14)19-5-1-3-11(10-19)15(21)16-9-13-4-2-6-22-13/h2,4,6-8,11H,1,3,5,9-10H2,(H,16,21)(H,18,20). The van der Waals surface area contributed by atoms with Crippen LogP contribution in [0.25, 0.3) is 0 Å². The quantitative estimate of drug-likeness (QED) is 0.875. The fourth-order valence-corrected chi connectivity index (χ4v) is 2.70. The Hall–Kier alpha value is -2.57. The van der Waals surface area contributed by atoms with Crippen molar-refractivity contribution >= 4 is 11.6 Å². The lowest BCUT2D eigenvalue weighted by atomic mass is 9.97. The molecule has 1 amide bonds. The van der Waals surface area contributed by atoms with Crippen LogP contribution in [0.4, 0.5) is 5.69 Å². The molecule has 7 nitrogen and oxygen atoms in total. The van der Waals surface area contributed by atoms with Crippen molar-refractivity contribution in [2.45, 2.75) is 19.4 Å². The maximum atomic E-state index is 12.3. The maximum Gasteiger partial charge on any atom is 0.266 e. The third kappa shape index (κ3) is 3.36. The van der Waals surface area contributed by atoms with E-state index in [1.54, 1.807) is 18.5 Å². The minimum absolute atomic E-state index is 0.0129. The van der Waals surface area contributed by atoms with Gasteiger partial charge in [-0.15, -0.1) is 0 Å². The van der Waals surface area contributed by atoms with Crippen molar-refractivity contribution in [2.75, 3.05) is 18.0 Å². The topological polar surface area (TPSA) is 91.2 Å². The molecule has 2 N–H and O–H groups in total. The van der Waals surface area contributed by atoms with Crippen molar-refractivity contribution in [1.29, 1.82) is 0 Å². The number of nitrogens with zero attached hydrogens (tertiary/aromatic N) is 2. The molecule has 1 aliphatic heterocycles. The molecule has 1 atom stereocenters. The Labute approximate surface area is 127 Å². The van der Waals surface area contributed by atoms with Crippen LogP contribution in [-0.2, 0) is 11.3 Å². The lowest BCUT2D eigenvalue weighted by molar-refractivity contribution is -0.125. The van der Waals surface area contributed by atoms with Crippen LogP contribution in [0.2, 0.25) is 0 Å². The Balaban J connectivity index is 1.60. The van der Waals surface area contributed by atoms with Crippen LogP contribution in [0.15, 0.2) is 39.9 Å². The summed E-state index contributed by atoms with van der Waals surface area (Å²) in [6.45, 7) is 1.82. The number of piperidine rings is 1. The van der Waals surface area contributed by atoms with Crippen LogP contribution >= 0.6 is 0 Å². The van der Waals surface area contributed by atoms with E-state index in [0.29, 0.717) is 13.1 Å². The third-order valence-corrected chi connectivity index (χ3v) is 3.82. The van der Waals surface area contributed by atoms with Gasteiger partial charge >= 0.3 is 0 Å². The average molecular weight is 302 g/mol. The van der Waals surface area contributed by atoms with Crippen LogP contribution in [0.1, 0.15) is 18.6 Å². The molecule has 22 heavy (non-hydrogen) atoms. The third-order valence-electron chi connectivity index (χ3n) is 3.82. The molecular weight excluding hydrogens is 284 g/mol. The number of hydrogen-bond acceptors (Lipinski definition) is 5. The lowest BCUT2D eigenvalue weighted by Gasteiger charge is -2.33. The molecule has 1 unspecified atom stereocenters. The second-order valence-electron chi connectivity index (χ2n) is 5.39. The first-order valence-corrected chi connectivity index (χ1v) is 7.32. The van der Waals surface area contributed by atoms with E-state index in [0.717, 1.165) is 30.8 Å². The largest absolute Gasteiger partial charge is 0.467 e. The Morgan fingerprint density at radius 2 is 2.45 bits per heavy atom. The molecule has 0 aromatic carbocycles. The van der Waals surface area contributed by atoms with Crippen molar-refractivity contribution < 1.29 is 9.21 Å². The molecule has 1 aliphatic rings. The molecule has 0 saturated carbocycles. The van der Waals surface area contributed by atoms with E-state index in [2.05, 4.69) is 15.5 Å². The highest BCUT2D eigenvalue weighted by Crippen LogP contribution is 2.21. The van der Waals surface area contributed by atoms with Gasteiger partial charge in [-0.3, -0.25) is 9.59 Å². The number of anilines is 1. The number of furan rings is 1. The molecule has 3 rings (SSSR count). The lowest BCUT2D eigenvalue weighted by Crippen LogP contribution is -2.43. The van der Waals surface area contributed by atoms with Gasteiger partial charge in [-0.2, -0.15) is 5.10 Å². The summed E-state index contributed by atoms with van der Waals surface area (Å²) in [5.74, 6) is 0.654. The second kappa shape index (κ2) is 6.46. The number of aromatic nitrogens is 2. The van der Waals surface area contributed by atoms with E-state index in [-0.39, 0.29) is 17.4 Å². The molecule has 0 bridgehead atoms. The Morgan fingerprint density at radius 3 is 3.23 bits per heavy atom. The molecule has 1 saturated heterocycles. The molecule has 2 aromatic heterocycles. The molecule has 0 radical (unpaired) electrons. The minimum atomic E-state index is -0.234. The molecular formula is C15H18N4O3. The Morgan fingerprint density at radius 1 is 1.55 bits per heavy atom. The first kappa shape index (κ1) is 14.4. The number of rotatable bonds is 4. The van der Waals surface area contributed by atoms with Crippen molar-refractivity contribution in [3.8, 4) is 0 Å². The van der Waals surface area contributed by atoms with Crippen LogP contribution in [-0.4, -0.2) is 29.2 Å². The SMILES string of the molecule is O=C(NCc1ccco1)C1CCCN(c2cn[nH]c(=O)c2)C1. The van der Waals surface area contributed by atoms with E-state index in [4.69, 9.17) is 4.42 Å². The first-order valence-electron chi connectivity index (χ1n) is 7.32. The number of aromatic amines is 1. The van der Waals surface area contributed by atoms with Gasteiger partial charge in [0.05, 0.1) is 30.6 Å². The number of amides is 1. The predicted octanol–water partition coefficient (Wildman–Crippen LogP) is 0.896. The van der Waals surface area contributed by atoms with Gasteiger partial charge in [0.1, 0.15) is 5.76 Å². The van der Waals surface area contributed by atoms with Gasteiger partial charge in [-0.05, 0) is 25.0 Å². The van der Waals surface area contributed by atoms with Gasteiger partial charge in [-0.25, -0.2) is 5.10 Å². The van der Waals surface area contributed by atoms with E-state index < -0.39 is 0 Å². The fraction of sp³-hybridized carbons (Fsp3) is 0.400. The van der Waals surface area contributed by atoms with E-state index in [1.165, 1.54) is 6.07 Å². The number of nitrogens with one attached hydrogen (secondary N) is 2. The Bertz CT molecular complexity index is 680. The summed E-state index contributed by atoms with van der Waals surface area (Å²) in [5.41, 5.74) is 0.522. The zero-order chi connectivity index (χ0) is 15.4. The van der Waals surface area contributed by atoms with Gasteiger partial charge in [0.25, 0.3) is 5.56 Å². The predicted molar refractivity (Wildman–Crippen MR) is 80.3 cm³/mol. The highest BCUT2D eigenvalue weighted by Gasteiger charge is 2.26. The smallest absolute Gasteiger partial charge is 0.266 e. The Kier molecular flexibility index (Phi) is 4.22. The summed E-state index contributed by atoms with van der Waals surface area (Å²) in [7, 11) is 0. The van der Waals surface area contributed by atoms with Gasteiger partial charge in [0.2, 0.25) is 5.91 Å². The van der Waals surface area contributed by atoms with E-state index in [9.17, 15) is 9.59 Å². The van der Waals surface area contributed by atoms with Crippen molar-refractivity contribution in [1.82, 2.24) is 15.5 Å². The highest BCUT2D eigenvalue weighted by atomic mass is 16.3. The summed E-state index contributed by atoms with van der Waals surface area (Å²) in [6.07, 6.45) is 4.96. The number of carbonyl (C=O) groups is 1. The van der Waals surface area contributed by atoms with E-state index in [1.807, 2.05) is 11.0 Å². The summed E-state index contributed by atoms with van der Waals surface area (Å²) in [4.78, 5) is 25.7. The molecule has 0 spiro atoms. The zero-order valence-corrected chi connectivity index (χ0v) is 12.1. The average Bonchev–Trinajstić information content (AvgIpc) is 3.06. The number of H-pyrrole nitrogens is 1. The van der Waals surface area contributed by atoms with Crippen LogP contribution in [0.3, 0.4) is 0 Å². The van der Waals surface area contributed by atoms with E-state index >= 15 is 0 Å². The van der Waals surface area contributed by atoms with Crippen LogP contribution in [0, 0.1) is 5.92 Å². The van der Waals surface area contributed by atoms with Crippen molar-refractivity contribution in [2.24, 2.45) is 5.92 Å². The first-order chi connectivity index (χ1) is 10.7. The fourth-order valence-electron chi connectivity index (χ4n) is 2.70. The summed E-state index contributed by atoms with van der Waals surface area (Å²) in [5, 5.41) is 9.06. The summed E-state index contributed by atoms with van der Waals surface area (Å²) in [6, 6.07) is 5.13. The maximum absolute atomic E-state index is 12.3. The normalized spacial score (nSPS) is 18.2.